The van der Waals surface area contributed by atoms with Crippen molar-refractivity contribution >= 4 is 0 Å². The predicted molar refractivity (Wildman–Crippen MR) is 109 cm³/mol. The standard InChI is InChI=1S/C24H26O2/c1-2-3-4-10-17-26-20-15-16-23(24(25)18-20)22-14-9-8-13-21(22)19-11-6-5-7-12-19/h5-9,11-16,18,25H,2-4,10,17H2,1H3. The molecule has 0 bridgehead atoms. The van der Waals surface area contributed by atoms with Gasteiger partial charge >= 0.3 is 0 Å². The topological polar surface area (TPSA) is 29.5 Å². The molecule has 0 atom stereocenters. The molecule has 0 saturated carbocycles. The fourth-order valence-electron chi connectivity index (χ4n) is 3.14. The summed E-state index contributed by atoms with van der Waals surface area (Å²) in [6.07, 6.45) is 4.69. The van der Waals surface area contributed by atoms with Gasteiger partial charge in [0, 0.05) is 11.6 Å². The van der Waals surface area contributed by atoms with Crippen LogP contribution in [0.25, 0.3) is 22.3 Å². The first-order valence-corrected chi connectivity index (χ1v) is 9.40. The van der Waals surface area contributed by atoms with Crippen LogP contribution in [0.4, 0.5) is 0 Å². The van der Waals surface area contributed by atoms with Crippen LogP contribution in [0.1, 0.15) is 32.6 Å². The molecule has 1 N–H and O–H groups in total. The van der Waals surface area contributed by atoms with Crippen molar-refractivity contribution in [2.45, 2.75) is 32.6 Å². The van der Waals surface area contributed by atoms with E-state index in [1.807, 2.05) is 48.5 Å². The second-order valence-electron chi connectivity index (χ2n) is 6.50. The summed E-state index contributed by atoms with van der Waals surface area (Å²) in [7, 11) is 0. The number of unbranched alkanes of at least 4 members (excludes halogenated alkanes) is 3. The van der Waals surface area contributed by atoms with Gasteiger partial charge in [0.15, 0.2) is 0 Å². The molecule has 3 rings (SSSR count). The molecular formula is C24H26O2. The monoisotopic (exact) mass is 346 g/mol. The van der Waals surface area contributed by atoms with Crippen molar-refractivity contribution < 1.29 is 9.84 Å². The van der Waals surface area contributed by atoms with Gasteiger partial charge in [0.05, 0.1) is 6.61 Å². The third-order valence-electron chi connectivity index (χ3n) is 4.54. The number of benzene rings is 3. The first-order chi connectivity index (χ1) is 12.8. The summed E-state index contributed by atoms with van der Waals surface area (Å²) in [5.74, 6) is 0.972. The molecule has 0 aliphatic heterocycles. The van der Waals surface area contributed by atoms with E-state index in [4.69, 9.17) is 4.74 Å². The molecule has 2 nitrogen and oxygen atoms in total. The van der Waals surface area contributed by atoms with Gasteiger partial charge < -0.3 is 9.84 Å². The quantitative estimate of drug-likeness (QED) is 0.461. The van der Waals surface area contributed by atoms with Crippen LogP contribution in [0.2, 0.25) is 0 Å². The van der Waals surface area contributed by atoms with Gasteiger partial charge in [-0.05, 0) is 35.2 Å². The number of aromatic hydroxyl groups is 1. The maximum Gasteiger partial charge on any atom is 0.127 e. The van der Waals surface area contributed by atoms with E-state index >= 15 is 0 Å². The van der Waals surface area contributed by atoms with Crippen LogP contribution in [0, 0.1) is 0 Å². The Morgan fingerprint density at radius 2 is 1.46 bits per heavy atom. The highest BCUT2D eigenvalue weighted by atomic mass is 16.5. The Balaban J connectivity index is 1.80. The summed E-state index contributed by atoms with van der Waals surface area (Å²) < 4.78 is 5.78. The van der Waals surface area contributed by atoms with Crippen molar-refractivity contribution in [1.82, 2.24) is 0 Å². The minimum Gasteiger partial charge on any atom is -0.507 e. The summed E-state index contributed by atoms with van der Waals surface area (Å²) in [5.41, 5.74) is 4.09. The van der Waals surface area contributed by atoms with E-state index in [2.05, 4.69) is 25.1 Å². The van der Waals surface area contributed by atoms with Gasteiger partial charge in [-0.3, -0.25) is 0 Å². The Morgan fingerprint density at radius 3 is 2.19 bits per heavy atom. The average Bonchev–Trinajstić information content (AvgIpc) is 2.69. The average molecular weight is 346 g/mol. The number of phenolic OH excluding ortho intramolecular Hbond substituents is 1. The van der Waals surface area contributed by atoms with Crippen molar-refractivity contribution in [1.29, 1.82) is 0 Å². The van der Waals surface area contributed by atoms with Gasteiger partial charge in [-0.2, -0.15) is 0 Å². The first kappa shape index (κ1) is 18.1. The van der Waals surface area contributed by atoms with Gasteiger partial charge in [0.2, 0.25) is 0 Å². The second-order valence-corrected chi connectivity index (χ2v) is 6.50. The van der Waals surface area contributed by atoms with E-state index in [-0.39, 0.29) is 5.75 Å². The van der Waals surface area contributed by atoms with Crippen LogP contribution in [-0.2, 0) is 0 Å². The van der Waals surface area contributed by atoms with Crippen LogP contribution in [0.15, 0.2) is 72.8 Å². The molecule has 0 heterocycles. The molecular weight excluding hydrogens is 320 g/mol. The summed E-state index contributed by atoms with van der Waals surface area (Å²) in [6.45, 7) is 2.89. The molecule has 0 aromatic heterocycles. The number of phenols is 1. The van der Waals surface area contributed by atoms with Crippen LogP contribution >= 0.6 is 0 Å². The van der Waals surface area contributed by atoms with Crippen LogP contribution in [0.5, 0.6) is 11.5 Å². The molecule has 0 aliphatic carbocycles. The molecule has 26 heavy (non-hydrogen) atoms. The van der Waals surface area contributed by atoms with Crippen molar-refractivity contribution in [3.8, 4) is 33.8 Å². The van der Waals surface area contributed by atoms with Gasteiger partial charge in [-0.1, -0.05) is 80.8 Å². The zero-order valence-corrected chi connectivity index (χ0v) is 15.3. The van der Waals surface area contributed by atoms with Crippen molar-refractivity contribution in [3.63, 3.8) is 0 Å². The summed E-state index contributed by atoms with van der Waals surface area (Å²) >= 11 is 0. The number of ether oxygens (including phenoxy) is 1. The van der Waals surface area contributed by atoms with E-state index in [9.17, 15) is 5.11 Å². The Morgan fingerprint density at radius 1 is 0.731 bits per heavy atom. The Hall–Kier alpha value is -2.74. The van der Waals surface area contributed by atoms with E-state index in [0.717, 1.165) is 34.4 Å². The van der Waals surface area contributed by atoms with Crippen LogP contribution < -0.4 is 4.74 Å². The molecule has 0 unspecified atom stereocenters. The van der Waals surface area contributed by atoms with Gasteiger partial charge in [-0.25, -0.2) is 0 Å². The van der Waals surface area contributed by atoms with E-state index in [1.54, 1.807) is 6.07 Å². The third kappa shape index (κ3) is 4.45. The normalized spacial score (nSPS) is 10.7. The van der Waals surface area contributed by atoms with Gasteiger partial charge in [0.1, 0.15) is 11.5 Å². The number of rotatable bonds is 8. The van der Waals surface area contributed by atoms with Crippen molar-refractivity contribution in [2.75, 3.05) is 6.61 Å². The maximum atomic E-state index is 10.6. The molecule has 0 radical (unpaired) electrons. The van der Waals surface area contributed by atoms with Crippen LogP contribution in [0.3, 0.4) is 0 Å². The minimum atomic E-state index is 0.249. The van der Waals surface area contributed by atoms with Crippen LogP contribution in [-0.4, -0.2) is 11.7 Å². The zero-order valence-electron chi connectivity index (χ0n) is 15.3. The molecule has 3 aromatic carbocycles. The van der Waals surface area contributed by atoms with Gasteiger partial charge in [0.25, 0.3) is 0 Å². The lowest BCUT2D eigenvalue weighted by Crippen LogP contribution is -1.97. The third-order valence-corrected chi connectivity index (χ3v) is 4.54. The number of hydrogen-bond donors (Lipinski definition) is 1. The molecule has 0 spiro atoms. The second kappa shape index (κ2) is 9.10. The Kier molecular flexibility index (Phi) is 6.32. The highest BCUT2D eigenvalue weighted by molar-refractivity contribution is 5.86. The lowest BCUT2D eigenvalue weighted by molar-refractivity contribution is 0.303. The highest BCUT2D eigenvalue weighted by Gasteiger charge is 2.11. The Bertz CT molecular complexity index is 825. The lowest BCUT2D eigenvalue weighted by atomic mass is 9.94. The first-order valence-electron chi connectivity index (χ1n) is 9.40. The largest absolute Gasteiger partial charge is 0.507 e. The number of hydrogen-bond acceptors (Lipinski definition) is 2. The fraction of sp³-hybridized carbons (Fsp3) is 0.250. The molecule has 2 heteroatoms. The van der Waals surface area contributed by atoms with Crippen molar-refractivity contribution in [3.05, 3.63) is 72.8 Å². The summed E-state index contributed by atoms with van der Waals surface area (Å²) in [6, 6.07) is 24.0. The van der Waals surface area contributed by atoms with E-state index in [0.29, 0.717) is 6.61 Å². The maximum absolute atomic E-state index is 10.6. The Labute approximate surface area is 156 Å². The molecule has 0 aliphatic rings. The van der Waals surface area contributed by atoms with Gasteiger partial charge in [-0.15, -0.1) is 0 Å². The molecule has 134 valence electrons. The predicted octanol–water partition coefficient (Wildman–Crippen LogP) is 6.69. The smallest absolute Gasteiger partial charge is 0.127 e. The molecule has 0 saturated heterocycles. The van der Waals surface area contributed by atoms with Crippen molar-refractivity contribution in [2.24, 2.45) is 0 Å². The lowest BCUT2D eigenvalue weighted by Gasteiger charge is -2.13. The van der Waals surface area contributed by atoms with E-state index in [1.165, 1.54) is 19.3 Å². The molecule has 0 fully saturated rings. The van der Waals surface area contributed by atoms with E-state index < -0.39 is 0 Å². The molecule has 3 aromatic rings. The summed E-state index contributed by atoms with van der Waals surface area (Å²) in [5, 5.41) is 10.6. The zero-order chi connectivity index (χ0) is 18.2. The molecule has 0 amide bonds. The fourth-order valence-corrected chi connectivity index (χ4v) is 3.14. The minimum absolute atomic E-state index is 0.249. The summed E-state index contributed by atoms with van der Waals surface area (Å²) in [4.78, 5) is 0. The SMILES string of the molecule is CCCCCCOc1ccc(-c2ccccc2-c2ccccc2)c(O)c1. The highest BCUT2D eigenvalue weighted by Crippen LogP contribution is 2.38.